The summed E-state index contributed by atoms with van der Waals surface area (Å²) < 4.78 is 6.50. The first-order valence-corrected chi connectivity index (χ1v) is 16.2. The summed E-state index contributed by atoms with van der Waals surface area (Å²) >= 11 is 0. The van der Waals surface area contributed by atoms with Gasteiger partial charge in [0.2, 0.25) is 0 Å². The Kier molecular flexibility index (Phi) is 8.31. The fourth-order valence-corrected chi connectivity index (χ4v) is 6.38. The van der Waals surface area contributed by atoms with Gasteiger partial charge in [-0.25, -0.2) is 9.97 Å². The molecule has 5 aromatic rings. The first-order chi connectivity index (χ1) is 22.5. The SMILES string of the molecule is CC1=C(OC2=CC=CCC2C)C=CCC1c1cc(-c2cccc(-c3nc(-c4ccccc4)cc(-c4ccccc4)n3)c2)ccc1C. The maximum absolute atomic E-state index is 6.50. The number of nitrogens with zero attached hydrogens (tertiary/aromatic N) is 2. The van der Waals surface area contributed by atoms with Crippen LogP contribution in [0.25, 0.3) is 45.0 Å². The number of allylic oxidation sites excluding steroid dienone is 7. The Labute approximate surface area is 272 Å². The molecule has 0 fully saturated rings. The van der Waals surface area contributed by atoms with Crippen molar-refractivity contribution in [2.24, 2.45) is 5.92 Å². The molecule has 0 radical (unpaired) electrons. The zero-order chi connectivity index (χ0) is 31.5. The molecule has 0 N–H and O–H groups in total. The normalized spacial score (nSPS) is 17.6. The van der Waals surface area contributed by atoms with Crippen LogP contribution in [-0.4, -0.2) is 9.97 Å². The molecule has 7 rings (SSSR count). The molecule has 0 aliphatic heterocycles. The minimum absolute atomic E-state index is 0.262. The minimum Gasteiger partial charge on any atom is -0.461 e. The van der Waals surface area contributed by atoms with E-state index < -0.39 is 0 Å². The van der Waals surface area contributed by atoms with E-state index in [0.29, 0.717) is 11.7 Å². The van der Waals surface area contributed by atoms with Gasteiger partial charge in [0.25, 0.3) is 0 Å². The molecule has 3 nitrogen and oxygen atoms in total. The first-order valence-electron chi connectivity index (χ1n) is 16.2. The topological polar surface area (TPSA) is 35.0 Å². The Morgan fingerprint density at radius 2 is 1.28 bits per heavy atom. The Morgan fingerprint density at radius 1 is 0.630 bits per heavy atom. The van der Waals surface area contributed by atoms with Gasteiger partial charge in [-0.05, 0) is 78.8 Å². The molecule has 0 amide bonds. The van der Waals surface area contributed by atoms with E-state index in [4.69, 9.17) is 14.7 Å². The van der Waals surface area contributed by atoms with Crippen molar-refractivity contribution in [1.29, 1.82) is 0 Å². The standard InChI is InChI=1S/C43H38N2O/c1-29-24-25-35(27-38(29)37-21-13-23-42(31(37)3)46-41-22-11-10-14-30(41)2)34-19-12-20-36(26-34)43-44-39(32-15-6-4-7-16-32)28-40(45-43)33-17-8-5-9-18-33/h4-13,15-20,22-28,30,37H,14,21H2,1-3H3. The molecule has 2 aliphatic rings. The summed E-state index contributed by atoms with van der Waals surface area (Å²) in [7, 11) is 0. The van der Waals surface area contributed by atoms with Crippen LogP contribution in [0.2, 0.25) is 0 Å². The van der Waals surface area contributed by atoms with E-state index in [9.17, 15) is 0 Å². The average molecular weight is 599 g/mol. The first kappa shape index (κ1) is 29.4. The molecule has 46 heavy (non-hydrogen) atoms. The van der Waals surface area contributed by atoms with Gasteiger partial charge in [0, 0.05) is 28.5 Å². The third-order valence-electron chi connectivity index (χ3n) is 9.13. The van der Waals surface area contributed by atoms with E-state index in [-0.39, 0.29) is 5.92 Å². The molecule has 0 bridgehead atoms. The summed E-state index contributed by atoms with van der Waals surface area (Å²) in [5, 5.41) is 0. The number of rotatable bonds is 7. The van der Waals surface area contributed by atoms with E-state index in [1.807, 2.05) is 36.4 Å². The molecule has 1 aromatic heterocycles. The van der Waals surface area contributed by atoms with Crippen LogP contribution < -0.4 is 0 Å². The highest BCUT2D eigenvalue weighted by Gasteiger charge is 2.23. The van der Waals surface area contributed by atoms with Gasteiger partial charge in [0.1, 0.15) is 11.5 Å². The molecule has 1 heterocycles. The monoisotopic (exact) mass is 598 g/mol. The van der Waals surface area contributed by atoms with Crippen LogP contribution in [0.4, 0.5) is 0 Å². The van der Waals surface area contributed by atoms with Gasteiger partial charge in [-0.1, -0.05) is 122 Å². The van der Waals surface area contributed by atoms with Gasteiger partial charge in [0.15, 0.2) is 5.82 Å². The summed E-state index contributed by atoms with van der Waals surface area (Å²) in [6.45, 7) is 6.66. The van der Waals surface area contributed by atoms with Crippen LogP contribution in [0, 0.1) is 12.8 Å². The van der Waals surface area contributed by atoms with E-state index in [2.05, 4.69) is 124 Å². The number of benzene rings is 4. The van der Waals surface area contributed by atoms with Crippen molar-refractivity contribution in [1.82, 2.24) is 9.97 Å². The average Bonchev–Trinajstić information content (AvgIpc) is 3.11. The molecule has 0 saturated heterocycles. The number of hydrogen-bond acceptors (Lipinski definition) is 3. The Hall–Kier alpha value is -5.28. The summed E-state index contributed by atoms with van der Waals surface area (Å²) in [4.78, 5) is 10.1. The lowest BCUT2D eigenvalue weighted by Gasteiger charge is -2.27. The lowest BCUT2D eigenvalue weighted by molar-refractivity contribution is 0.263. The molecule has 3 heteroatoms. The second-order valence-electron chi connectivity index (χ2n) is 12.3. The van der Waals surface area contributed by atoms with Crippen molar-refractivity contribution in [2.75, 3.05) is 0 Å². The molecule has 2 aliphatic carbocycles. The zero-order valence-corrected chi connectivity index (χ0v) is 26.7. The van der Waals surface area contributed by atoms with Crippen LogP contribution >= 0.6 is 0 Å². The highest BCUT2D eigenvalue weighted by Crippen LogP contribution is 2.39. The van der Waals surface area contributed by atoms with Crippen LogP contribution in [0.3, 0.4) is 0 Å². The van der Waals surface area contributed by atoms with Crippen LogP contribution in [0.5, 0.6) is 0 Å². The van der Waals surface area contributed by atoms with Gasteiger partial charge in [-0.2, -0.15) is 0 Å². The third kappa shape index (κ3) is 6.14. The summed E-state index contributed by atoms with van der Waals surface area (Å²) in [5.74, 6) is 3.38. The van der Waals surface area contributed by atoms with Crippen molar-refractivity contribution in [3.63, 3.8) is 0 Å². The Morgan fingerprint density at radius 3 is 1.98 bits per heavy atom. The summed E-state index contributed by atoms with van der Waals surface area (Å²) in [5.41, 5.74) is 11.2. The van der Waals surface area contributed by atoms with Crippen molar-refractivity contribution in [3.8, 4) is 45.0 Å². The Balaban J connectivity index is 1.25. The number of ether oxygens (including phenoxy) is 1. The molecule has 2 unspecified atom stereocenters. The van der Waals surface area contributed by atoms with Gasteiger partial charge >= 0.3 is 0 Å². The van der Waals surface area contributed by atoms with Gasteiger partial charge in [-0.3, -0.25) is 0 Å². The predicted molar refractivity (Wildman–Crippen MR) is 190 cm³/mol. The van der Waals surface area contributed by atoms with Crippen LogP contribution in [-0.2, 0) is 4.74 Å². The largest absolute Gasteiger partial charge is 0.461 e. The smallest absolute Gasteiger partial charge is 0.160 e. The third-order valence-corrected chi connectivity index (χ3v) is 9.13. The van der Waals surface area contributed by atoms with Gasteiger partial charge in [0.05, 0.1) is 11.4 Å². The summed E-state index contributed by atoms with van der Waals surface area (Å²) in [6, 6.07) is 38.2. The second-order valence-corrected chi connectivity index (χ2v) is 12.3. The van der Waals surface area contributed by atoms with Crippen molar-refractivity contribution < 1.29 is 4.74 Å². The molecular weight excluding hydrogens is 560 g/mol. The van der Waals surface area contributed by atoms with Crippen LogP contribution in [0.1, 0.15) is 43.7 Å². The van der Waals surface area contributed by atoms with Crippen molar-refractivity contribution in [2.45, 2.75) is 39.5 Å². The van der Waals surface area contributed by atoms with Gasteiger partial charge < -0.3 is 4.74 Å². The predicted octanol–water partition coefficient (Wildman–Crippen LogP) is 11.3. The molecule has 226 valence electrons. The Bertz CT molecular complexity index is 1940. The van der Waals surface area contributed by atoms with E-state index in [0.717, 1.165) is 58.0 Å². The molecule has 4 aromatic carbocycles. The minimum atomic E-state index is 0.262. The highest BCUT2D eigenvalue weighted by atomic mass is 16.5. The van der Waals surface area contributed by atoms with E-state index in [1.54, 1.807) is 0 Å². The van der Waals surface area contributed by atoms with Crippen molar-refractivity contribution in [3.05, 3.63) is 168 Å². The molecule has 0 spiro atoms. The zero-order valence-electron chi connectivity index (χ0n) is 26.7. The fourth-order valence-electron chi connectivity index (χ4n) is 6.38. The maximum Gasteiger partial charge on any atom is 0.160 e. The molecule has 0 saturated carbocycles. The lowest BCUT2D eigenvalue weighted by Crippen LogP contribution is -2.11. The quantitative estimate of drug-likeness (QED) is 0.187. The number of hydrogen-bond donors (Lipinski definition) is 0. The maximum atomic E-state index is 6.50. The van der Waals surface area contributed by atoms with E-state index >= 15 is 0 Å². The number of aryl methyl sites for hydroxylation is 1. The van der Waals surface area contributed by atoms with Crippen LogP contribution in [0.15, 0.2) is 157 Å². The molecule has 2 atom stereocenters. The number of aromatic nitrogens is 2. The van der Waals surface area contributed by atoms with Crippen molar-refractivity contribution >= 4 is 0 Å². The van der Waals surface area contributed by atoms with E-state index in [1.165, 1.54) is 22.3 Å². The second kappa shape index (κ2) is 13.0. The molecular formula is C43H38N2O. The lowest BCUT2D eigenvalue weighted by atomic mass is 9.82. The van der Waals surface area contributed by atoms with Gasteiger partial charge in [-0.15, -0.1) is 0 Å². The summed E-state index contributed by atoms with van der Waals surface area (Å²) in [6.07, 6.45) is 12.8. The fraction of sp³-hybridized carbons (Fsp3) is 0.163. The highest BCUT2D eigenvalue weighted by molar-refractivity contribution is 5.75.